The van der Waals surface area contributed by atoms with E-state index in [0.29, 0.717) is 19.6 Å². The van der Waals surface area contributed by atoms with Crippen molar-refractivity contribution in [1.82, 2.24) is 9.80 Å². The second kappa shape index (κ2) is 12.3. The zero-order valence-electron chi connectivity index (χ0n) is 24.5. The van der Waals surface area contributed by atoms with E-state index in [1.807, 2.05) is 11.0 Å². The number of hydrogen-bond acceptors (Lipinski definition) is 6. The van der Waals surface area contributed by atoms with Crippen LogP contribution in [0.2, 0.25) is 0 Å². The fraction of sp³-hybridized carbons (Fsp3) is 0.767. The van der Waals surface area contributed by atoms with Gasteiger partial charge in [0.15, 0.2) is 0 Å². The quantitative estimate of drug-likeness (QED) is 0.135. The van der Waals surface area contributed by atoms with Gasteiger partial charge in [0.05, 0.1) is 35.8 Å². The van der Waals surface area contributed by atoms with Crippen molar-refractivity contribution in [3.05, 3.63) is 25.3 Å². The zero-order chi connectivity index (χ0) is 29.3. The number of aliphatic hydroxyl groups is 1. The summed E-state index contributed by atoms with van der Waals surface area (Å²) in [5.41, 5.74) is -0.538. The molecule has 3 aliphatic rings. The Labute approximate surface area is 247 Å². The molecule has 3 aliphatic heterocycles. The molecule has 220 valence electrons. The highest BCUT2D eigenvalue weighted by Gasteiger charge is 2.76. The Hall–Kier alpha value is -1.32. The lowest BCUT2D eigenvalue weighted by atomic mass is 9.70. The van der Waals surface area contributed by atoms with Gasteiger partial charge in [-0.25, -0.2) is 0 Å². The Morgan fingerprint density at radius 3 is 2.49 bits per heavy atom. The number of ether oxygens (including phenoxy) is 1. The highest BCUT2D eigenvalue weighted by molar-refractivity contribution is 9.09. The van der Waals surface area contributed by atoms with E-state index in [1.165, 1.54) is 0 Å². The topological polar surface area (TPSA) is 87.1 Å². The van der Waals surface area contributed by atoms with Crippen LogP contribution in [0.5, 0.6) is 0 Å². The number of aliphatic hydroxyl groups excluding tert-OH is 1. The van der Waals surface area contributed by atoms with E-state index < -0.39 is 34.2 Å². The summed E-state index contributed by atoms with van der Waals surface area (Å²) in [6.45, 7) is 20.4. The standard InChI is InChI=1S/C30H47BrN2O5S/c1-9-11-12-13-15-38-27(37)21-22-25(35)33(19(3)17-34)24(30(22)16-20(31)23(21)39-30)26(36)32(14-10-2)29(7,8)18-28(4,5)6/h9-10,19-24,34H,1-2,11-18H2,3-8H3/t19-,20?,21+,22+,23+,24?,30?/m1/s1. The van der Waals surface area contributed by atoms with Crippen molar-refractivity contribution in [2.75, 3.05) is 19.8 Å². The van der Waals surface area contributed by atoms with Gasteiger partial charge < -0.3 is 19.6 Å². The number of hydrogen-bond donors (Lipinski definition) is 1. The number of esters is 1. The Morgan fingerprint density at radius 2 is 1.92 bits per heavy atom. The molecule has 7 atom stereocenters. The first-order valence-electron chi connectivity index (χ1n) is 14.1. The number of carbonyl (C=O) groups is 3. The minimum absolute atomic E-state index is 0.0278. The first-order chi connectivity index (χ1) is 18.2. The van der Waals surface area contributed by atoms with E-state index in [2.05, 4.69) is 63.7 Å². The summed E-state index contributed by atoms with van der Waals surface area (Å²) in [6, 6.07) is -1.36. The van der Waals surface area contributed by atoms with E-state index in [0.717, 1.165) is 25.7 Å². The van der Waals surface area contributed by atoms with Crippen molar-refractivity contribution in [3.8, 4) is 0 Å². The maximum atomic E-state index is 14.7. The predicted octanol–water partition coefficient (Wildman–Crippen LogP) is 4.96. The van der Waals surface area contributed by atoms with E-state index in [9.17, 15) is 19.5 Å². The van der Waals surface area contributed by atoms with Crippen LogP contribution in [-0.4, -0.2) is 84.9 Å². The summed E-state index contributed by atoms with van der Waals surface area (Å²) in [5.74, 6) is -2.05. The van der Waals surface area contributed by atoms with Crippen molar-refractivity contribution >= 4 is 45.5 Å². The number of thioether (sulfide) groups is 1. The number of nitrogens with zero attached hydrogens (tertiary/aromatic N) is 2. The van der Waals surface area contributed by atoms with Crippen LogP contribution in [0, 0.1) is 17.3 Å². The molecule has 3 heterocycles. The average Bonchev–Trinajstić information content (AvgIpc) is 3.43. The molecule has 39 heavy (non-hydrogen) atoms. The van der Waals surface area contributed by atoms with Gasteiger partial charge in [0.1, 0.15) is 6.04 Å². The number of amides is 2. The van der Waals surface area contributed by atoms with Crippen molar-refractivity contribution in [1.29, 1.82) is 0 Å². The van der Waals surface area contributed by atoms with Crippen molar-refractivity contribution in [2.45, 2.75) is 106 Å². The van der Waals surface area contributed by atoms with Crippen LogP contribution in [0.15, 0.2) is 25.3 Å². The number of allylic oxidation sites excluding steroid dienone is 1. The minimum Gasteiger partial charge on any atom is -0.465 e. The highest BCUT2D eigenvalue weighted by Crippen LogP contribution is 2.68. The first kappa shape index (κ1) is 32.2. The number of carbonyl (C=O) groups excluding carboxylic acids is 3. The van der Waals surface area contributed by atoms with Crippen LogP contribution >= 0.6 is 27.7 Å². The van der Waals surface area contributed by atoms with Gasteiger partial charge in [-0.1, -0.05) is 48.9 Å². The van der Waals surface area contributed by atoms with Gasteiger partial charge in [0.25, 0.3) is 0 Å². The number of unbranched alkanes of at least 4 members (excludes halogenated alkanes) is 2. The third-order valence-corrected chi connectivity index (χ3v) is 11.5. The van der Waals surface area contributed by atoms with Crippen molar-refractivity contribution in [2.24, 2.45) is 17.3 Å². The average molecular weight is 628 g/mol. The molecule has 0 aromatic carbocycles. The van der Waals surface area contributed by atoms with Gasteiger partial charge in [0, 0.05) is 22.2 Å². The number of likely N-dealkylation sites (tertiary alicyclic amines) is 1. The zero-order valence-corrected chi connectivity index (χ0v) is 26.9. The molecule has 0 radical (unpaired) electrons. The third-order valence-electron chi connectivity index (χ3n) is 8.29. The molecule has 1 spiro atoms. The van der Waals surface area contributed by atoms with Crippen LogP contribution in [0.25, 0.3) is 0 Å². The summed E-state index contributed by atoms with van der Waals surface area (Å²) >= 11 is 5.39. The van der Waals surface area contributed by atoms with E-state index in [1.54, 1.807) is 29.7 Å². The molecule has 3 rings (SSSR count). The van der Waals surface area contributed by atoms with E-state index >= 15 is 0 Å². The van der Waals surface area contributed by atoms with Gasteiger partial charge in [-0.3, -0.25) is 14.4 Å². The Bertz CT molecular complexity index is 965. The predicted molar refractivity (Wildman–Crippen MR) is 161 cm³/mol. The number of halogens is 1. The fourth-order valence-electron chi connectivity index (χ4n) is 7.14. The minimum atomic E-state index is -0.795. The van der Waals surface area contributed by atoms with Crippen LogP contribution in [-0.2, 0) is 19.1 Å². The second-order valence-electron chi connectivity index (χ2n) is 13.2. The molecule has 9 heteroatoms. The summed E-state index contributed by atoms with van der Waals surface area (Å²) in [7, 11) is 0. The molecule has 0 aromatic heterocycles. The van der Waals surface area contributed by atoms with Gasteiger partial charge >= 0.3 is 5.97 Å². The molecule has 3 saturated heterocycles. The maximum Gasteiger partial charge on any atom is 0.310 e. The van der Waals surface area contributed by atoms with Crippen LogP contribution < -0.4 is 0 Å². The normalized spacial score (nSPS) is 30.7. The Morgan fingerprint density at radius 1 is 1.26 bits per heavy atom. The number of alkyl halides is 1. The number of rotatable bonds is 13. The Kier molecular flexibility index (Phi) is 10.1. The Balaban J connectivity index is 2.01. The lowest BCUT2D eigenvalue weighted by molar-refractivity contribution is -0.154. The number of fused-ring (bicyclic) bond motifs is 1. The largest absolute Gasteiger partial charge is 0.465 e. The van der Waals surface area contributed by atoms with E-state index in [-0.39, 0.29) is 39.9 Å². The molecule has 0 aromatic rings. The first-order valence-corrected chi connectivity index (χ1v) is 15.9. The molecule has 3 fully saturated rings. The third kappa shape index (κ3) is 6.15. The molecule has 2 amide bonds. The lowest BCUT2D eigenvalue weighted by Gasteiger charge is -2.46. The molecule has 7 nitrogen and oxygen atoms in total. The second-order valence-corrected chi connectivity index (χ2v) is 15.9. The molecular formula is C30H47BrN2O5S. The molecule has 1 N–H and O–H groups in total. The van der Waals surface area contributed by atoms with Gasteiger partial charge in [-0.05, 0) is 58.3 Å². The molecule has 0 saturated carbocycles. The molecule has 3 unspecified atom stereocenters. The maximum absolute atomic E-state index is 14.7. The summed E-state index contributed by atoms with van der Waals surface area (Å²) in [6.07, 6.45) is 7.40. The van der Waals surface area contributed by atoms with Crippen molar-refractivity contribution < 1.29 is 24.2 Å². The smallest absolute Gasteiger partial charge is 0.310 e. The SMILES string of the molecule is C=CCCCCOC(=O)[C@H]1[C@H]2C(=O)N([C@H](C)CO)C(C(=O)N(CC=C)C(C)(C)CC(C)(C)C)C23CC(Br)[C@@H]1S3. The van der Waals surface area contributed by atoms with Gasteiger partial charge in [-0.2, -0.15) is 0 Å². The molecule has 0 aliphatic carbocycles. The molecule has 2 bridgehead atoms. The van der Waals surface area contributed by atoms with Gasteiger partial charge in [-0.15, -0.1) is 24.9 Å². The highest BCUT2D eigenvalue weighted by atomic mass is 79.9. The summed E-state index contributed by atoms with van der Waals surface area (Å²) in [4.78, 5) is 45.7. The van der Waals surface area contributed by atoms with Crippen LogP contribution in [0.3, 0.4) is 0 Å². The molecular weight excluding hydrogens is 580 g/mol. The summed E-state index contributed by atoms with van der Waals surface area (Å²) in [5, 5.41) is 10.0. The van der Waals surface area contributed by atoms with Crippen molar-refractivity contribution in [3.63, 3.8) is 0 Å². The lowest BCUT2D eigenvalue weighted by Crippen LogP contribution is -2.61. The fourth-order valence-corrected chi connectivity index (χ4v) is 10.7. The van der Waals surface area contributed by atoms with E-state index in [4.69, 9.17) is 4.74 Å². The van der Waals surface area contributed by atoms with Gasteiger partial charge in [0.2, 0.25) is 11.8 Å². The summed E-state index contributed by atoms with van der Waals surface area (Å²) < 4.78 is 4.93. The van der Waals surface area contributed by atoms with Crippen LogP contribution in [0.1, 0.15) is 73.6 Å². The van der Waals surface area contributed by atoms with Crippen LogP contribution in [0.4, 0.5) is 0 Å². The monoisotopic (exact) mass is 626 g/mol.